The summed E-state index contributed by atoms with van der Waals surface area (Å²) in [5.74, 6) is -0.817. The van der Waals surface area contributed by atoms with Gasteiger partial charge in [-0.25, -0.2) is 4.79 Å². The predicted molar refractivity (Wildman–Crippen MR) is 120 cm³/mol. The van der Waals surface area contributed by atoms with Gasteiger partial charge in [0.05, 0.1) is 24.5 Å². The summed E-state index contributed by atoms with van der Waals surface area (Å²) in [5.41, 5.74) is 3.63. The highest BCUT2D eigenvalue weighted by molar-refractivity contribution is 5.98. The van der Waals surface area contributed by atoms with Crippen LogP contribution >= 0.6 is 0 Å². The van der Waals surface area contributed by atoms with Gasteiger partial charge in [0.25, 0.3) is 5.91 Å². The van der Waals surface area contributed by atoms with Crippen LogP contribution in [0, 0.1) is 13.8 Å². The monoisotopic (exact) mass is 434 g/mol. The molecule has 2 aromatic carbocycles. The molecule has 0 aliphatic carbocycles. The molecule has 4 rings (SSSR count). The summed E-state index contributed by atoms with van der Waals surface area (Å²) >= 11 is 0. The molecular weight excluding hydrogens is 408 g/mol. The third kappa shape index (κ3) is 3.87. The number of aryl methyl sites for hydroxylation is 2. The van der Waals surface area contributed by atoms with Crippen LogP contribution in [-0.4, -0.2) is 57.9 Å². The Morgan fingerprint density at radius 3 is 2.38 bits per heavy atom. The van der Waals surface area contributed by atoms with E-state index in [-0.39, 0.29) is 23.9 Å². The van der Waals surface area contributed by atoms with Crippen LogP contribution in [0.4, 0.5) is 0 Å². The van der Waals surface area contributed by atoms with Crippen molar-refractivity contribution in [3.8, 4) is 11.4 Å². The minimum Gasteiger partial charge on any atom is -0.497 e. The van der Waals surface area contributed by atoms with Crippen LogP contribution in [0.2, 0.25) is 0 Å². The predicted octanol–water partition coefficient (Wildman–Crippen LogP) is 3.40. The summed E-state index contributed by atoms with van der Waals surface area (Å²) in [4.78, 5) is 26.7. The van der Waals surface area contributed by atoms with Crippen molar-refractivity contribution >= 4 is 11.9 Å². The van der Waals surface area contributed by atoms with Crippen molar-refractivity contribution < 1.29 is 24.5 Å². The standard InChI is InChI=1S/C25H26N2O5/c1-15-7-8-16(2)27(15)22-12-18(9-10-20(22)25(30)31)24(29)26-13-21(23(28)14-26)17-5-4-6-19(11-17)32-3/h4-12,21,23,28H,13-14H2,1-3H3,(H,30,31)/t21?,23-/m0/s1. The van der Waals surface area contributed by atoms with Crippen molar-refractivity contribution in [1.82, 2.24) is 9.47 Å². The summed E-state index contributed by atoms with van der Waals surface area (Å²) in [6.45, 7) is 4.36. The average molecular weight is 434 g/mol. The second kappa shape index (κ2) is 8.51. The Hall–Kier alpha value is -3.58. The molecule has 2 N–H and O–H groups in total. The quantitative estimate of drug-likeness (QED) is 0.642. The summed E-state index contributed by atoms with van der Waals surface area (Å²) in [7, 11) is 1.59. The number of aliphatic hydroxyl groups is 1. The van der Waals surface area contributed by atoms with Crippen LogP contribution in [0.1, 0.15) is 43.6 Å². The van der Waals surface area contributed by atoms with E-state index in [1.54, 1.807) is 18.1 Å². The Morgan fingerprint density at radius 1 is 1.00 bits per heavy atom. The fourth-order valence-corrected chi connectivity index (χ4v) is 4.41. The molecule has 0 bridgehead atoms. The van der Waals surface area contributed by atoms with Gasteiger partial charge in [-0.15, -0.1) is 0 Å². The molecule has 1 saturated heterocycles. The van der Waals surface area contributed by atoms with Crippen LogP contribution in [0.15, 0.2) is 54.6 Å². The molecular formula is C25H26N2O5. The number of likely N-dealkylation sites (tertiary alicyclic amines) is 1. The van der Waals surface area contributed by atoms with Gasteiger partial charge in [-0.2, -0.15) is 0 Å². The van der Waals surface area contributed by atoms with Gasteiger partial charge in [-0.1, -0.05) is 12.1 Å². The zero-order valence-corrected chi connectivity index (χ0v) is 18.3. The first kappa shape index (κ1) is 21.6. The van der Waals surface area contributed by atoms with E-state index in [4.69, 9.17) is 4.74 Å². The van der Waals surface area contributed by atoms with Gasteiger partial charge < -0.3 is 24.4 Å². The van der Waals surface area contributed by atoms with E-state index in [9.17, 15) is 19.8 Å². The number of aromatic nitrogens is 1. The number of aromatic carboxylic acids is 1. The van der Waals surface area contributed by atoms with Crippen molar-refractivity contribution in [2.45, 2.75) is 25.9 Å². The maximum Gasteiger partial charge on any atom is 0.337 e. The Balaban J connectivity index is 1.65. The van der Waals surface area contributed by atoms with E-state index in [1.807, 2.05) is 54.8 Å². The molecule has 1 unspecified atom stereocenters. The van der Waals surface area contributed by atoms with Crippen LogP contribution in [0.3, 0.4) is 0 Å². The van der Waals surface area contributed by atoms with Crippen LogP contribution in [-0.2, 0) is 0 Å². The SMILES string of the molecule is COc1cccc(C2CN(C(=O)c3ccc(C(=O)O)c(-n4c(C)ccc4C)c3)C[C@@H]2O)c1. The number of benzene rings is 2. The van der Waals surface area contributed by atoms with Gasteiger partial charge in [-0.05, 0) is 61.9 Å². The smallest absolute Gasteiger partial charge is 0.337 e. The molecule has 7 nitrogen and oxygen atoms in total. The highest BCUT2D eigenvalue weighted by atomic mass is 16.5. The van der Waals surface area contributed by atoms with Gasteiger partial charge in [-0.3, -0.25) is 4.79 Å². The molecule has 1 aromatic heterocycles. The number of nitrogens with zero attached hydrogens (tertiary/aromatic N) is 2. The van der Waals surface area contributed by atoms with E-state index in [0.717, 1.165) is 17.0 Å². The van der Waals surface area contributed by atoms with Crippen molar-refractivity contribution in [2.24, 2.45) is 0 Å². The Labute approximate surface area is 186 Å². The number of hydrogen-bond donors (Lipinski definition) is 2. The average Bonchev–Trinajstić information content (AvgIpc) is 3.34. The number of carboxylic acid groups (broad SMARTS) is 1. The number of aliphatic hydroxyl groups excluding tert-OH is 1. The molecule has 1 aliphatic rings. The first-order chi connectivity index (χ1) is 15.3. The van der Waals surface area contributed by atoms with Gasteiger partial charge in [0.2, 0.25) is 0 Å². The molecule has 3 aromatic rings. The number of amides is 1. The lowest BCUT2D eigenvalue weighted by atomic mass is 9.96. The van der Waals surface area contributed by atoms with Crippen LogP contribution in [0.25, 0.3) is 5.69 Å². The topological polar surface area (TPSA) is 92.0 Å². The molecule has 1 aliphatic heterocycles. The van der Waals surface area contributed by atoms with E-state index >= 15 is 0 Å². The van der Waals surface area contributed by atoms with Gasteiger partial charge in [0, 0.05) is 36.0 Å². The van der Waals surface area contributed by atoms with Crippen LogP contribution in [0.5, 0.6) is 5.75 Å². The highest BCUT2D eigenvalue weighted by Crippen LogP contribution is 2.31. The van der Waals surface area contributed by atoms with E-state index < -0.39 is 12.1 Å². The molecule has 2 heterocycles. The highest BCUT2D eigenvalue weighted by Gasteiger charge is 2.35. The van der Waals surface area contributed by atoms with Gasteiger partial charge in [0.15, 0.2) is 0 Å². The molecule has 1 amide bonds. The number of carbonyl (C=O) groups excluding carboxylic acids is 1. The van der Waals surface area contributed by atoms with E-state index in [0.29, 0.717) is 23.5 Å². The number of carboxylic acids is 1. The van der Waals surface area contributed by atoms with Gasteiger partial charge >= 0.3 is 5.97 Å². The van der Waals surface area contributed by atoms with Crippen molar-refractivity contribution in [1.29, 1.82) is 0 Å². The fourth-order valence-electron chi connectivity index (χ4n) is 4.41. The summed E-state index contributed by atoms with van der Waals surface area (Å²) in [6, 6.07) is 15.9. The first-order valence-electron chi connectivity index (χ1n) is 10.4. The summed E-state index contributed by atoms with van der Waals surface area (Å²) in [6.07, 6.45) is -0.697. The molecule has 2 atom stereocenters. The number of hydrogen-bond acceptors (Lipinski definition) is 4. The molecule has 1 fully saturated rings. The summed E-state index contributed by atoms with van der Waals surface area (Å²) < 4.78 is 7.11. The maximum atomic E-state index is 13.3. The molecule has 0 spiro atoms. The maximum absolute atomic E-state index is 13.3. The van der Waals surface area contributed by atoms with Gasteiger partial charge in [0.1, 0.15) is 5.75 Å². The zero-order valence-electron chi connectivity index (χ0n) is 18.3. The first-order valence-corrected chi connectivity index (χ1v) is 10.4. The molecule has 32 heavy (non-hydrogen) atoms. The second-order valence-electron chi connectivity index (χ2n) is 8.15. The lowest BCUT2D eigenvalue weighted by Crippen LogP contribution is -2.29. The summed E-state index contributed by atoms with van der Waals surface area (Å²) in [5, 5.41) is 20.3. The lowest BCUT2D eigenvalue weighted by Gasteiger charge is -2.19. The Kier molecular flexibility index (Phi) is 5.76. The van der Waals surface area contributed by atoms with E-state index in [2.05, 4.69) is 0 Å². The number of carbonyl (C=O) groups is 2. The third-order valence-corrected chi connectivity index (χ3v) is 6.09. The van der Waals surface area contributed by atoms with Crippen molar-refractivity contribution in [2.75, 3.05) is 20.2 Å². The molecule has 0 radical (unpaired) electrons. The van der Waals surface area contributed by atoms with E-state index in [1.165, 1.54) is 12.1 Å². The number of ether oxygens (including phenoxy) is 1. The molecule has 0 saturated carbocycles. The number of rotatable bonds is 5. The minimum absolute atomic E-state index is 0.125. The zero-order chi connectivity index (χ0) is 23.0. The number of methoxy groups -OCH3 is 1. The molecule has 166 valence electrons. The number of β-amino-alcohol motifs (C(OH)–C–C–N with tert-alkyl or cyclic N) is 1. The Morgan fingerprint density at radius 2 is 1.72 bits per heavy atom. The second-order valence-corrected chi connectivity index (χ2v) is 8.15. The normalized spacial score (nSPS) is 18.1. The minimum atomic E-state index is -1.05. The van der Waals surface area contributed by atoms with Crippen LogP contribution < -0.4 is 4.74 Å². The van der Waals surface area contributed by atoms with Crippen molar-refractivity contribution in [3.63, 3.8) is 0 Å². The third-order valence-electron chi connectivity index (χ3n) is 6.09. The largest absolute Gasteiger partial charge is 0.497 e. The molecule has 7 heteroatoms. The lowest BCUT2D eigenvalue weighted by molar-refractivity contribution is 0.0694. The van der Waals surface area contributed by atoms with Crippen molar-refractivity contribution in [3.05, 3.63) is 82.7 Å². The Bertz CT molecular complexity index is 1160. The fraction of sp³-hybridized carbons (Fsp3) is 0.280.